The lowest BCUT2D eigenvalue weighted by Crippen LogP contribution is -2.30. The first-order chi connectivity index (χ1) is 10.7. The lowest BCUT2D eigenvalue weighted by atomic mass is 10.1. The summed E-state index contributed by atoms with van der Waals surface area (Å²) in [6, 6.07) is 18.8. The standard InChI is InChI=1S/C18H18N2O2/c1-14(17-9-7-15(11-19)8-10-17)20-18(21)13-22-12-16-5-3-2-4-6-16/h2-10,14H,12-13H2,1H3,(H,20,21). The van der Waals surface area contributed by atoms with Gasteiger partial charge in [-0.15, -0.1) is 0 Å². The Morgan fingerprint density at radius 3 is 2.50 bits per heavy atom. The highest BCUT2D eigenvalue weighted by atomic mass is 16.5. The molecule has 1 amide bonds. The van der Waals surface area contributed by atoms with Crippen molar-refractivity contribution in [1.82, 2.24) is 5.32 Å². The van der Waals surface area contributed by atoms with Gasteiger partial charge in [0.1, 0.15) is 6.61 Å². The summed E-state index contributed by atoms with van der Waals surface area (Å²) in [7, 11) is 0. The van der Waals surface area contributed by atoms with Gasteiger partial charge in [0.2, 0.25) is 5.91 Å². The molecule has 0 fully saturated rings. The average molecular weight is 294 g/mol. The van der Waals surface area contributed by atoms with E-state index in [9.17, 15) is 4.79 Å². The molecule has 0 aliphatic heterocycles. The smallest absolute Gasteiger partial charge is 0.246 e. The number of nitriles is 1. The zero-order valence-corrected chi connectivity index (χ0v) is 12.5. The first kappa shape index (κ1) is 15.7. The number of rotatable bonds is 6. The number of hydrogen-bond acceptors (Lipinski definition) is 3. The third-order valence-corrected chi connectivity index (χ3v) is 3.26. The number of nitrogens with one attached hydrogen (secondary N) is 1. The van der Waals surface area contributed by atoms with Gasteiger partial charge in [-0.2, -0.15) is 5.26 Å². The van der Waals surface area contributed by atoms with E-state index in [4.69, 9.17) is 10.00 Å². The highest BCUT2D eigenvalue weighted by Crippen LogP contribution is 2.13. The van der Waals surface area contributed by atoms with Crippen molar-refractivity contribution in [2.75, 3.05) is 6.61 Å². The average Bonchev–Trinajstić information content (AvgIpc) is 2.56. The molecule has 0 aromatic heterocycles. The molecule has 0 spiro atoms. The molecule has 1 N–H and O–H groups in total. The molecular formula is C18H18N2O2. The Hall–Kier alpha value is -2.64. The largest absolute Gasteiger partial charge is 0.367 e. The minimum absolute atomic E-state index is 0.0233. The lowest BCUT2D eigenvalue weighted by molar-refractivity contribution is -0.126. The van der Waals surface area contributed by atoms with Crippen molar-refractivity contribution in [3.05, 3.63) is 71.3 Å². The van der Waals surface area contributed by atoms with Crippen molar-refractivity contribution in [2.24, 2.45) is 0 Å². The van der Waals surface area contributed by atoms with Gasteiger partial charge in [0.15, 0.2) is 0 Å². The molecule has 22 heavy (non-hydrogen) atoms. The molecule has 1 unspecified atom stereocenters. The van der Waals surface area contributed by atoms with Crippen LogP contribution in [0.5, 0.6) is 0 Å². The molecule has 4 nitrogen and oxygen atoms in total. The van der Waals surface area contributed by atoms with Crippen molar-refractivity contribution in [1.29, 1.82) is 5.26 Å². The molecule has 0 radical (unpaired) electrons. The second kappa shape index (κ2) is 7.96. The Balaban J connectivity index is 1.77. The van der Waals surface area contributed by atoms with E-state index in [1.54, 1.807) is 12.1 Å². The van der Waals surface area contributed by atoms with Crippen LogP contribution in [-0.4, -0.2) is 12.5 Å². The number of nitrogens with zero attached hydrogens (tertiary/aromatic N) is 1. The van der Waals surface area contributed by atoms with E-state index in [2.05, 4.69) is 11.4 Å². The molecule has 0 aliphatic carbocycles. The zero-order valence-electron chi connectivity index (χ0n) is 12.5. The molecule has 0 saturated carbocycles. The van der Waals surface area contributed by atoms with Crippen LogP contribution in [-0.2, 0) is 16.1 Å². The van der Waals surface area contributed by atoms with E-state index in [0.29, 0.717) is 12.2 Å². The Labute approximate surface area is 130 Å². The SMILES string of the molecule is CC(NC(=O)COCc1ccccc1)c1ccc(C#N)cc1. The molecule has 0 bridgehead atoms. The van der Waals surface area contributed by atoms with E-state index in [0.717, 1.165) is 11.1 Å². The van der Waals surface area contributed by atoms with E-state index >= 15 is 0 Å². The number of hydrogen-bond donors (Lipinski definition) is 1. The van der Waals surface area contributed by atoms with E-state index in [1.807, 2.05) is 49.4 Å². The van der Waals surface area contributed by atoms with Crippen LogP contribution >= 0.6 is 0 Å². The lowest BCUT2D eigenvalue weighted by Gasteiger charge is -2.14. The first-order valence-corrected chi connectivity index (χ1v) is 7.10. The van der Waals surface area contributed by atoms with Gasteiger partial charge in [0, 0.05) is 0 Å². The third kappa shape index (κ3) is 4.72. The molecule has 0 saturated heterocycles. The molecule has 1 atom stereocenters. The van der Waals surface area contributed by atoms with E-state index in [1.165, 1.54) is 0 Å². The van der Waals surface area contributed by atoms with Crippen LogP contribution in [0, 0.1) is 11.3 Å². The van der Waals surface area contributed by atoms with Gasteiger partial charge in [-0.25, -0.2) is 0 Å². The summed E-state index contributed by atoms with van der Waals surface area (Å²) in [5.41, 5.74) is 2.60. The monoisotopic (exact) mass is 294 g/mol. The normalized spacial score (nSPS) is 11.5. The van der Waals surface area contributed by atoms with Crippen molar-refractivity contribution in [2.45, 2.75) is 19.6 Å². The molecule has 2 rings (SSSR count). The summed E-state index contributed by atoms with van der Waals surface area (Å²) in [5, 5.41) is 11.6. The fraction of sp³-hybridized carbons (Fsp3) is 0.222. The van der Waals surface area contributed by atoms with E-state index in [-0.39, 0.29) is 18.6 Å². The first-order valence-electron chi connectivity index (χ1n) is 7.10. The third-order valence-electron chi connectivity index (χ3n) is 3.26. The quantitative estimate of drug-likeness (QED) is 0.891. The molecule has 112 valence electrons. The Morgan fingerprint density at radius 2 is 1.86 bits per heavy atom. The molecule has 2 aromatic carbocycles. The van der Waals surface area contributed by atoms with Gasteiger partial charge in [0.25, 0.3) is 0 Å². The van der Waals surface area contributed by atoms with Crippen LogP contribution < -0.4 is 5.32 Å². The van der Waals surface area contributed by atoms with Crippen LogP contribution in [0.25, 0.3) is 0 Å². The number of carbonyl (C=O) groups is 1. The fourth-order valence-corrected chi connectivity index (χ4v) is 2.05. The Kier molecular flexibility index (Phi) is 5.70. The number of amides is 1. The maximum atomic E-state index is 11.9. The maximum absolute atomic E-state index is 11.9. The predicted octanol–water partition coefficient (Wildman–Crippen LogP) is 2.95. The Morgan fingerprint density at radius 1 is 1.18 bits per heavy atom. The summed E-state index contributed by atoms with van der Waals surface area (Å²) < 4.78 is 5.40. The predicted molar refractivity (Wildman–Crippen MR) is 83.8 cm³/mol. The minimum Gasteiger partial charge on any atom is -0.367 e. The van der Waals surface area contributed by atoms with Gasteiger partial charge in [-0.05, 0) is 30.2 Å². The number of benzene rings is 2. The topological polar surface area (TPSA) is 62.1 Å². The zero-order chi connectivity index (χ0) is 15.8. The Bertz CT molecular complexity index is 645. The summed E-state index contributed by atoms with van der Waals surface area (Å²) >= 11 is 0. The van der Waals surface area contributed by atoms with Crippen molar-refractivity contribution in [3.8, 4) is 6.07 Å². The number of ether oxygens (including phenoxy) is 1. The molecular weight excluding hydrogens is 276 g/mol. The second-order valence-electron chi connectivity index (χ2n) is 5.00. The molecule has 0 aliphatic rings. The number of carbonyl (C=O) groups excluding carboxylic acids is 1. The van der Waals surface area contributed by atoms with Crippen molar-refractivity contribution in [3.63, 3.8) is 0 Å². The van der Waals surface area contributed by atoms with Crippen LogP contribution in [0.2, 0.25) is 0 Å². The summed E-state index contributed by atoms with van der Waals surface area (Å²) in [6.45, 7) is 2.34. The van der Waals surface area contributed by atoms with Gasteiger partial charge in [0.05, 0.1) is 24.3 Å². The van der Waals surface area contributed by atoms with Gasteiger partial charge >= 0.3 is 0 Å². The fourth-order valence-electron chi connectivity index (χ4n) is 2.05. The van der Waals surface area contributed by atoms with Crippen LogP contribution in [0.3, 0.4) is 0 Å². The minimum atomic E-state index is -0.159. The maximum Gasteiger partial charge on any atom is 0.246 e. The van der Waals surface area contributed by atoms with Crippen LogP contribution in [0.4, 0.5) is 0 Å². The molecule has 4 heteroatoms. The second-order valence-corrected chi connectivity index (χ2v) is 5.00. The summed E-state index contributed by atoms with van der Waals surface area (Å²) in [5.74, 6) is -0.159. The molecule has 0 heterocycles. The van der Waals surface area contributed by atoms with Gasteiger partial charge in [-0.3, -0.25) is 4.79 Å². The highest BCUT2D eigenvalue weighted by molar-refractivity contribution is 5.77. The van der Waals surface area contributed by atoms with Gasteiger partial charge < -0.3 is 10.1 Å². The van der Waals surface area contributed by atoms with E-state index < -0.39 is 0 Å². The summed E-state index contributed by atoms with van der Waals surface area (Å²) in [6.07, 6.45) is 0. The molecule has 2 aromatic rings. The van der Waals surface area contributed by atoms with Crippen LogP contribution in [0.1, 0.15) is 29.7 Å². The van der Waals surface area contributed by atoms with Gasteiger partial charge in [-0.1, -0.05) is 42.5 Å². The summed E-state index contributed by atoms with van der Waals surface area (Å²) in [4.78, 5) is 11.9. The van der Waals surface area contributed by atoms with Crippen molar-refractivity contribution >= 4 is 5.91 Å². The van der Waals surface area contributed by atoms with Crippen molar-refractivity contribution < 1.29 is 9.53 Å². The highest BCUT2D eigenvalue weighted by Gasteiger charge is 2.09. The van der Waals surface area contributed by atoms with Crippen LogP contribution in [0.15, 0.2) is 54.6 Å².